The summed E-state index contributed by atoms with van der Waals surface area (Å²) < 4.78 is 0. The lowest BCUT2D eigenvalue weighted by Crippen LogP contribution is -2.19. The van der Waals surface area contributed by atoms with Gasteiger partial charge < -0.3 is 5.11 Å². The number of rotatable bonds is 5. The zero-order chi connectivity index (χ0) is 13.0. The van der Waals surface area contributed by atoms with Crippen molar-refractivity contribution in [1.82, 2.24) is 0 Å². The van der Waals surface area contributed by atoms with Crippen LogP contribution in [0.4, 0.5) is 0 Å². The lowest BCUT2D eigenvalue weighted by atomic mass is 9.88. The molecule has 2 rings (SSSR count). The van der Waals surface area contributed by atoms with Gasteiger partial charge in [0.05, 0.1) is 5.92 Å². The molecular weight excluding hydrogens is 248 g/mol. The molecule has 0 aromatic heterocycles. The largest absolute Gasteiger partial charge is 0.481 e. The highest BCUT2D eigenvalue weighted by atomic mass is 35.5. The minimum absolute atomic E-state index is 0.255. The van der Waals surface area contributed by atoms with Crippen molar-refractivity contribution < 1.29 is 9.90 Å². The van der Waals surface area contributed by atoms with Crippen molar-refractivity contribution in [2.24, 2.45) is 11.8 Å². The fourth-order valence-electron chi connectivity index (χ4n) is 2.82. The van der Waals surface area contributed by atoms with Gasteiger partial charge in [-0.2, -0.15) is 0 Å². The van der Waals surface area contributed by atoms with E-state index in [1.165, 1.54) is 25.7 Å². The molecule has 0 saturated heterocycles. The Kier molecular flexibility index (Phi) is 4.65. The van der Waals surface area contributed by atoms with Crippen LogP contribution < -0.4 is 0 Å². The lowest BCUT2D eigenvalue weighted by molar-refractivity contribution is -0.142. The molecule has 0 heterocycles. The second-order valence-electron chi connectivity index (χ2n) is 5.25. The second-order valence-corrected chi connectivity index (χ2v) is 5.69. The van der Waals surface area contributed by atoms with E-state index in [4.69, 9.17) is 11.6 Å². The number of hydrogen-bond acceptors (Lipinski definition) is 1. The van der Waals surface area contributed by atoms with E-state index in [-0.39, 0.29) is 5.92 Å². The molecule has 1 N–H and O–H groups in total. The molecule has 18 heavy (non-hydrogen) atoms. The predicted octanol–water partition coefficient (Wildman–Crippen LogP) is 4.16. The van der Waals surface area contributed by atoms with Gasteiger partial charge in [-0.3, -0.25) is 4.79 Å². The standard InChI is InChI=1S/C15H19ClO2/c16-14-7-5-12(6-8-14)10-13(15(17)18)9-11-3-1-2-4-11/h5-8,11,13H,1-4,9-10H2,(H,17,18). The summed E-state index contributed by atoms with van der Waals surface area (Å²) in [5.41, 5.74) is 1.06. The highest BCUT2D eigenvalue weighted by Gasteiger charge is 2.24. The minimum atomic E-state index is -0.670. The van der Waals surface area contributed by atoms with Crippen LogP contribution >= 0.6 is 11.6 Å². The Bertz CT molecular complexity index is 393. The third-order valence-electron chi connectivity index (χ3n) is 3.84. The van der Waals surface area contributed by atoms with Gasteiger partial charge in [0, 0.05) is 5.02 Å². The van der Waals surface area contributed by atoms with Gasteiger partial charge in [0.15, 0.2) is 0 Å². The van der Waals surface area contributed by atoms with Gasteiger partial charge >= 0.3 is 5.97 Å². The van der Waals surface area contributed by atoms with Crippen molar-refractivity contribution in [3.8, 4) is 0 Å². The number of halogens is 1. The molecule has 1 aliphatic rings. The van der Waals surface area contributed by atoms with Gasteiger partial charge in [-0.05, 0) is 36.5 Å². The van der Waals surface area contributed by atoms with Crippen molar-refractivity contribution in [1.29, 1.82) is 0 Å². The van der Waals surface area contributed by atoms with Crippen LogP contribution in [0.5, 0.6) is 0 Å². The molecular formula is C15H19ClO2. The van der Waals surface area contributed by atoms with Crippen molar-refractivity contribution in [2.75, 3.05) is 0 Å². The molecule has 98 valence electrons. The highest BCUT2D eigenvalue weighted by molar-refractivity contribution is 6.30. The van der Waals surface area contributed by atoms with Crippen LogP contribution in [0.3, 0.4) is 0 Å². The predicted molar refractivity (Wildman–Crippen MR) is 72.9 cm³/mol. The fourth-order valence-corrected chi connectivity index (χ4v) is 2.95. The molecule has 2 nitrogen and oxygen atoms in total. The van der Waals surface area contributed by atoms with E-state index in [1.807, 2.05) is 24.3 Å². The number of carbonyl (C=O) groups is 1. The molecule has 0 aliphatic heterocycles. The van der Waals surface area contributed by atoms with E-state index in [0.717, 1.165) is 12.0 Å². The van der Waals surface area contributed by atoms with Crippen LogP contribution in [0.25, 0.3) is 0 Å². The summed E-state index contributed by atoms with van der Waals surface area (Å²) in [4.78, 5) is 11.3. The van der Waals surface area contributed by atoms with Gasteiger partial charge in [0.1, 0.15) is 0 Å². The zero-order valence-corrected chi connectivity index (χ0v) is 11.2. The Morgan fingerprint density at radius 3 is 2.44 bits per heavy atom. The Morgan fingerprint density at radius 1 is 1.28 bits per heavy atom. The molecule has 1 fully saturated rings. The van der Waals surface area contributed by atoms with E-state index < -0.39 is 5.97 Å². The van der Waals surface area contributed by atoms with Crippen molar-refractivity contribution in [2.45, 2.75) is 38.5 Å². The van der Waals surface area contributed by atoms with E-state index in [2.05, 4.69) is 0 Å². The third-order valence-corrected chi connectivity index (χ3v) is 4.09. The third kappa shape index (κ3) is 3.74. The molecule has 1 aliphatic carbocycles. The highest BCUT2D eigenvalue weighted by Crippen LogP contribution is 2.31. The normalized spacial score (nSPS) is 17.8. The van der Waals surface area contributed by atoms with E-state index >= 15 is 0 Å². The Hall–Kier alpha value is -1.02. The van der Waals surface area contributed by atoms with Crippen molar-refractivity contribution in [3.05, 3.63) is 34.9 Å². The van der Waals surface area contributed by atoms with Crippen LogP contribution in [-0.2, 0) is 11.2 Å². The molecule has 0 bridgehead atoms. The quantitative estimate of drug-likeness (QED) is 0.869. The van der Waals surface area contributed by atoms with E-state index in [9.17, 15) is 9.90 Å². The monoisotopic (exact) mass is 266 g/mol. The summed E-state index contributed by atoms with van der Waals surface area (Å²) in [6.45, 7) is 0. The number of carboxylic acid groups (broad SMARTS) is 1. The molecule has 1 saturated carbocycles. The molecule has 1 unspecified atom stereocenters. The molecule has 0 radical (unpaired) electrons. The summed E-state index contributed by atoms with van der Waals surface area (Å²) in [5, 5.41) is 10.0. The van der Waals surface area contributed by atoms with E-state index in [0.29, 0.717) is 17.4 Å². The summed E-state index contributed by atoms with van der Waals surface area (Å²) in [6, 6.07) is 7.50. The van der Waals surface area contributed by atoms with Gasteiger partial charge in [0.25, 0.3) is 0 Å². The van der Waals surface area contributed by atoms with Crippen molar-refractivity contribution >= 4 is 17.6 Å². The van der Waals surface area contributed by atoms with Gasteiger partial charge in [-0.1, -0.05) is 49.4 Å². The SMILES string of the molecule is O=C(O)C(Cc1ccc(Cl)cc1)CC1CCCC1. The zero-order valence-electron chi connectivity index (χ0n) is 10.4. The average Bonchev–Trinajstić information content (AvgIpc) is 2.84. The number of aliphatic carboxylic acids is 1. The average molecular weight is 267 g/mol. The molecule has 0 spiro atoms. The first-order valence-electron chi connectivity index (χ1n) is 6.62. The smallest absolute Gasteiger partial charge is 0.306 e. The summed E-state index contributed by atoms with van der Waals surface area (Å²) in [6.07, 6.45) is 6.35. The maximum atomic E-state index is 11.3. The van der Waals surface area contributed by atoms with Crippen LogP contribution in [0, 0.1) is 11.8 Å². The molecule has 1 aromatic carbocycles. The second kappa shape index (κ2) is 6.24. The lowest BCUT2D eigenvalue weighted by Gasteiger charge is -2.16. The summed E-state index contributed by atoms with van der Waals surface area (Å²) >= 11 is 5.83. The van der Waals surface area contributed by atoms with Gasteiger partial charge in [0.2, 0.25) is 0 Å². The van der Waals surface area contributed by atoms with Crippen molar-refractivity contribution in [3.63, 3.8) is 0 Å². The Morgan fingerprint density at radius 2 is 1.89 bits per heavy atom. The maximum Gasteiger partial charge on any atom is 0.306 e. The first-order valence-corrected chi connectivity index (χ1v) is 7.00. The number of benzene rings is 1. The maximum absolute atomic E-state index is 11.3. The Labute approximate surface area is 113 Å². The van der Waals surface area contributed by atoms with Crippen LogP contribution in [0.15, 0.2) is 24.3 Å². The minimum Gasteiger partial charge on any atom is -0.481 e. The van der Waals surface area contributed by atoms with E-state index in [1.54, 1.807) is 0 Å². The summed E-state index contributed by atoms with van der Waals surface area (Å²) in [7, 11) is 0. The topological polar surface area (TPSA) is 37.3 Å². The first-order chi connectivity index (χ1) is 8.65. The van der Waals surface area contributed by atoms with Crippen LogP contribution in [-0.4, -0.2) is 11.1 Å². The number of carboxylic acids is 1. The Balaban J connectivity index is 1.97. The van der Waals surface area contributed by atoms with Gasteiger partial charge in [-0.15, -0.1) is 0 Å². The molecule has 0 amide bonds. The van der Waals surface area contributed by atoms with Crippen LogP contribution in [0.2, 0.25) is 5.02 Å². The number of hydrogen-bond donors (Lipinski definition) is 1. The van der Waals surface area contributed by atoms with Gasteiger partial charge in [-0.25, -0.2) is 0 Å². The molecule has 3 heteroatoms. The summed E-state index contributed by atoms with van der Waals surface area (Å²) in [5.74, 6) is -0.315. The first kappa shape index (κ1) is 13.4. The molecule has 1 atom stereocenters. The fraction of sp³-hybridized carbons (Fsp3) is 0.533. The van der Waals surface area contributed by atoms with Crippen LogP contribution in [0.1, 0.15) is 37.7 Å². The molecule has 1 aromatic rings.